The van der Waals surface area contributed by atoms with Crippen molar-refractivity contribution in [2.45, 2.75) is 13.8 Å². The van der Waals surface area contributed by atoms with Crippen LogP contribution in [0.15, 0.2) is 24.3 Å². The Labute approximate surface area is 88.1 Å². The van der Waals surface area contributed by atoms with E-state index in [2.05, 4.69) is 10.2 Å². The first kappa shape index (κ1) is 9.65. The molecule has 0 amide bonds. The number of hydrogen-bond donors (Lipinski definition) is 1. The SMILES string of the molecule is Cc1n[nH]c(C)c1-c1ccc(C=O)cc1. The predicted molar refractivity (Wildman–Crippen MR) is 58.9 cm³/mol. The first-order valence-corrected chi connectivity index (χ1v) is 4.79. The smallest absolute Gasteiger partial charge is 0.150 e. The van der Waals surface area contributed by atoms with E-state index in [4.69, 9.17) is 0 Å². The van der Waals surface area contributed by atoms with Crippen LogP contribution in [-0.2, 0) is 0 Å². The largest absolute Gasteiger partial charge is 0.298 e. The lowest BCUT2D eigenvalue weighted by Crippen LogP contribution is -1.84. The van der Waals surface area contributed by atoms with Gasteiger partial charge in [-0.1, -0.05) is 24.3 Å². The second-order valence-electron chi connectivity index (χ2n) is 3.55. The maximum Gasteiger partial charge on any atom is 0.150 e. The van der Waals surface area contributed by atoms with Crippen LogP contribution in [0.3, 0.4) is 0 Å². The standard InChI is InChI=1S/C12H12N2O/c1-8-12(9(2)14-13-8)11-5-3-10(7-15)4-6-11/h3-7H,1-2H3,(H,13,14). The second kappa shape index (κ2) is 3.69. The van der Waals surface area contributed by atoms with E-state index in [0.29, 0.717) is 5.56 Å². The fourth-order valence-corrected chi connectivity index (χ4v) is 1.70. The molecular formula is C12H12N2O. The Balaban J connectivity index is 2.50. The Hall–Kier alpha value is -1.90. The average Bonchev–Trinajstić information content (AvgIpc) is 2.59. The predicted octanol–water partition coefficient (Wildman–Crippen LogP) is 2.51. The molecule has 3 nitrogen and oxygen atoms in total. The van der Waals surface area contributed by atoms with E-state index in [-0.39, 0.29) is 0 Å². The summed E-state index contributed by atoms with van der Waals surface area (Å²) in [6.07, 6.45) is 0.846. The fraction of sp³-hybridized carbons (Fsp3) is 0.167. The highest BCUT2D eigenvalue weighted by molar-refractivity contribution is 5.77. The molecule has 15 heavy (non-hydrogen) atoms. The van der Waals surface area contributed by atoms with Crippen LogP contribution in [0.1, 0.15) is 21.7 Å². The molecule has 0 aliphatic heterocycles. The first-order chi connectivity index (χ1) is 7.22. The molecule has 0 spiro atoms. The molecule has 0 unspecified atom stereocenters. The van der Waals surface area contributed by atoms with Gasteiger partial charge in [-0.15, -0.1) is 0 Å². The summed E-state index contributed by atoms with van der Waals surface area (Å²) in [5.41, 5.74) is 4.92. The maximum atomic E-state index is 10.5. The number of carbonyl (C=O) groups excluding carboxylic acids is 1. The number of aldehydes is 1. The minimum absolute atomic E-state index is 0.692. The van der Waals surface area contributed by atoms with Crippen molar-refractivity contribution >= 4 is 6.29 Å². The number of benzene rings is 1. The zero-order valence-corrected chi connectivity index (χ0v) is 8.74. The summed E-state index contributed by atoms with van der Waals surface area (Å²) in [6.45, 7) is 3.95. The molecule has 0 bridgehead atoms. The van der Waals surface area contributed by atoms with Crippen LogP contribution in [0.4, 0.5) is 0 Å². The monoisotopic (exact) mass is 200 g/mol. The highest BCUT2D eigenvalue weighted by Gasteiger charge is 2.08. The van der Waals surface area contributed by atoms with Crippen molar-refractivity contribution in [2.75, 3.05) is 0 Å². The molecule has 0 aliphatic carbocycles. The zero-order valence-electron chi connectivity index (χ0n) is 8.74. The molecule has 2 rings (SSSR count). The molecule has 1 heterocycles. The molecule has 2 aromatic rings. The Morgan fingerprint density at radius 1 is 1.20 bits per heavy atom. The third kappa shape index (κ3) is 1.68. The number of aromatic nitrogens is 2. The zero-order chi connectivity index (χ0) is 10.8. The van der Waals surface area contributed by atoms with Crippen LogP contribution >= 0.6 is 0 Å². The highest BCUT2D eigenvalue weighted by Crippen LogP contribution is 2.24. The lowest BCUT2D eigenvalue weighted by molar-refractivity contribution is 0.112. The number of nitrogens with one attached hydrogen (secondary N) is 1. The minimum Gasteiger partial charge on any atom is -0.298 e. The number of aromatic amines is 1. The number of aryl methyl sites for hydroxylation is 2. The van der Waals surface area contributed by atoms with E-state index >= 15 is 0 Å². The van der Waals surface area contributed by atoms with Crippen LogP contribution in [0.2, 0.25) is 0 Å². The molecule has 1 N–H and O–H groups in total. The van der Waals surface area contributed by atoms with Crippen molar-refractivity contribution in [3.8, 4) is 11.1 Å². The highest BCUT2D eigenvalue weighted by atomic mass is 16.1. The van der Waals surface area contributed by atoms with Gasteiger partial charge in [-0.25, -0.2) is 0 Å². The van der Waals surface area contributed by atoms with E-state index in [1.54, 1.807) is 0 Å². The lowest BCUT2D eigenvalue weighted by Gasteiger charge is -2.01. The summed E-state index contributed by atoms with van der Waals surface area (Å²) < 4.78 is 0. The van der Waals surface area contributed by atoms with E-state index in [9.17, 15) is 4.79 Å². The Kier molecular flexibility index (Phi) is 2.37. The van der Waals surface area contributed by atoms with Gasteiger partial charge in [0.2, 0.25) is 0 Å². The van der Waals surface area contributed by atoms with Crippen LogP contribution in [0.5, 0.6) is 0 Å². The molecule has 0 atom stereocenters. The van der Waals surface area contributed by atoms with Crippen LogP contribution in [0, 0.1) is 13.8 Å². The van der Waals surface area contributed by atoms with Crippen LogP contribution in [0.25, 0.3) is 11.1 Å². The molecule has 1 aromatic carbocycles. The fourth-order valence-electron chi connectivity index (χ4n) is 1.70. The van der Waals surface area contributed by atoms with E-state index in [1.165, 1.54) is 0 Å². The van der Waals surface area contributed by atoms with Gasteiger partial charge in [0.05, 0.1) is 5.69 Å². The van der Waals surface area contributed by atoms with Crippen molar-refractivity contribution < 1.29 is 4.79 Å². The van der Waals surface area contributed by atoms with E-state index in [1.807, 2.05) is 38.1 Å². The van der Waals surface area contributed by atoms with Gasteiger partial charge < -0.3 is 0 Å². The normalized spacial score (nSPS) is 10.3. The van der Waals surface area contributed by atoms with Crippen molar-refractivity contribution in [2.24, 2.45) is 0 Å². The third-order valence-corrected chi connectivity index (χ3v) is 2.46. The van der Waals surface area contributed by atoms with Gasteiger partial charge in [0.1, 0.15) is 6.29 Å². The molecule has 0 saturated heterocycles. The Morgan fingerprint density at radius 3 is 2.33 bits per heavy atom. The van der Waals surface area contributed by atoms with Gasteiger partial charge >= 0.3 is 0 Å². The molecule has 0 fully saturated rings. The summed E-state index contributed by atoms with van der Waals surface area (Å²) in [5, 5.41) is 7.09. The summed E-state index contributed by atoms with van der Waals surface area (Å²) >= 11 is 0. The van der Waals surface area contributed by atoms with Gasteiger partial charge in [-0.05, 0) is 19.4 Å². The number of nitrogens with zero attached hydrogens (tertiary/aromatic N) is 1. The van der Waals surface area contributed by atoms with Crippen LogP contribution < -0.4 is 0 Å². The molecule has 0 radical (unpaired) electrons. The van der Waals surface area contributed by atoms with Crippen molar-refractivity contribution in [1.82, 2.24) is 10.2 Å². The Bertz CT molecular complexity index is 463. The number of hydrogen-bond acceptors (Lipinski definition) is 2. The number of rotatable bonds is 2. The molecule has 0 saturated carbocycles. The maximum absolute atomic E-state index is 10.5. The average molecular weight is 200 g/mol. The Morgan fingerprint density at radius 2 is 1.87 bits per heavy atom. The summed E-state index contributed by atoms with van der Waals surface area (Å²) in [4.78, 5) is 10.5. The topological polar surface area (TPSA) is 45.8 Å². The molecule has 76 valence electrons. The summed E-state index contributed by atoms with van der Waals surface area (Å²) in [5.74, 6) is 0. The number of H-pyrrole nitrogens is 1. The van der Waals surface area contributed by atoms with Gasteiger partial charge in [0.25, 0.3) is 0 Å². The summed E-state index contributed by atoms with van der Waals surface area (Å²) in [7, 11) is 0. The quantitative estimate of drug-likeness (QED) is 0.757. The van der Waals surface area contributed by atoms with Gasteiger partial charge in [0, 0.05) is 16.8 Å². The first-order valence-electron chi connectivity index (χ1n) is 4.79. The minimum atomic E-state index is 0.692. The van der Waals surface area contributed by atoms with E-state index < -0.39 is 0 Å². The van der Waals surface area contributed by atoms with Crippen LogP contribution in [-0.4, -0.2) is 16.5 Å². The van der Waals surface area contributed by atoms with Gasteiger partial charge in [-0.3, -0.25) is 9.89 Å². The van der Waals surface area contributed by atoms with E-state index in [0.717, 1.165) is 28.8 Å². The second-order valence-corrected chi connectivity index (χ2v) is 3.55. The molecule has 1 aromatic heterocycles. The lowest BCUT2D eigenvalue weighted by atomic mass is 10.0. The molecule has 0 aliphatic rings. The van der Waals surface area contributed by atoms with Crippen molar-refractivity contribution in [3.63, 3.8) is 0 Å². The van der Waals surface area contributed by atoms with Crippen molar-refractivity contribution in [3.05, 3.63) is 41.2 Å². The number of carbonyl (C=O) groups is 1. The van der Waals surface area contributed by atoms with Gasteiger partial charge in [0.15, 0.2) is 0 Å². The molecule has 3 heteroatoms. The summed E-state index contributed by atoms with van der Waals surface area (Å²) in [6, 6.07) is 7.51. The molecular weight excluding hydrogens is 188 g/mol. The van der Waals surface area contributed by atoms with Crippen molar-refractivity contribution in [1.29, 1.82) is 0 Å². The van der Waals surface area contributed by atoms with Gasteiger partial charge in [-0.2, -0.15) is 5.10 Å². The third-order valence-electron chi connectivity index (χ3n) is 2.46.